The second kappa shape index (κ2) is 12.3. The Hall–Kier alpha value is -2.54. The Morgan fingerprint density at radius 3 is 1.71 bits per heavy atom. The lowest BCUT2D eigenvalue weighted by Crippen LogP contribution is -2.16. The lowest BCUT2D eigenvalue weighted by molar-refractivity contribution is -0.112. The summed E-state index contributed by atoms with van der Waals surface area (Å²) in [6.07, 6.45) is 3.91. The van der Waals surface area contributed by atoms with Crippen LogP contribution in [0, 0.1) is 0 Å². The summed E-state index contributed by atoms with van der Waals surface area (Å²) in [6, 6.07) is 15.5. The number of rotatable bonds is 10. The van der Waals surface area contributed by atoms with Crippen molar-refractivity contribution in [3.05, 3.63) is 70.8 Å². The molecule has 6 heteroatoms. The van der Waals surface area contributed by atoms with Crippen molar-refractivity contribution in [2.75, 3.05) is 52.2 Å². The highest BCUT2D eigenvalue weighted by molar-refractivity contribution is 7.99. The van der Waals surface area contributed by atoms with Gasteiger partial charge >= 0.3 is 0 Å². The number of hydrogen-bond donors (Lipinski definition) is 0. The maximum Gasteiger partial charge on any atom is 0.186 e. The second-order valence-electron chi connectivity index (χ2n) is 6.99. The molecule has 2 aromatic carbocycles. The molecule has 0 saturated carbocycles. The number of carbonyl (C=O) groups is 1. The van der Waals surface area contributed by atoms with Crippen LogP contribution in [0.1, 0.15) is 11.1 Å². The first-order valence-corrected chi connectivity index (χ1v) is 11.3. The minimum atomic E-state index is 0.0927. The van der Waals surface area contributed by atoms with Gasteiger partial charge in [0.25, 0.3) is 0 Å². The Labute approximate surface area is 188 Å². The van der Waals surface area contributed by atoms with Crippen LogP contribution < -0.4 is 9.47 Å². The van der Waals surface area contributed by atoms with Crippen LogP contribution in [0.2, 0.25) is 0 Å². The van der Waals surface area contributed by atoms with Crippen LogP contribution in [0.25, 0.3) is 12.2 Å². The summed E-state index contributed by atoms with van der Waals surface area (Å²) in [5, 5.41) is 0. The van der Waals surface area contributed by atoms with Crippen LogP contribution in [0.5, 0.6) is 11.5 Å². The standard InChI is InChI=1S/C25H28O5S/c1-27-9-11-29-23-7-3-5-19(15-23)13-21-17-31-18-22(25(21)26)14-20-6-4-8-24(16-20)30-12-10-28-2/h3-8,13-16H,9-12,17-18H2,1-2H3/b21-13-,22-14+. The van der Waals surface area contributed by atoms with E-state index >= 15 is 0 Å². The van der Waals surface area contributed by atoms with Gasteiger partial charge < -0.3 is 18.9 Å². The van der Waals surface area contributed by atoms with Gasteiger partial charge in [-0.15, -0.1) is 0 Å². The molecule has 2 aromatic rings. The molecule has 31 heavy (non-hydrogen) atoms. The minimum Gasteiger partial charge on any atom is -0.491 e. The molecule has 1 saturated heterocycles. The molecular formula is C25H28O5S. The fourth-order valence-corrected chi connectivity index (χ4v) is 4.07. The fourth-order valence-electron chi connectivity index (χ4n) is 3.10. The van der Waals surface area contributed by atoms with Crippen LogP contribution in [0.4, 0.5) is 0 Å². The number of Topliss-reactive ketones (excluding diaryl/α,β-unsaturated/α-hetero) is 1. The minimum absolute atomic E-state index is 0.0927. The van der Waals surface area contributed by atoms with E-state index in [-0.39, 0.29) is 5.78 Å². The number of methoxy groups -OCH3 is 2. The van der Waals surface area contributed by atoms with Gasteiger partial charge in [-0.05, 0) is 47.5 Å². The van der Waals surface area contributed by atoms with Crippen LogP contribution in [-0.4, -0.2) is 57.9 Å². The molecule has 3 rings (SSSR count). The molecule has 1 aliphatic heterocycles. The van der Waals surface area contributed by atoms with E-state index in [2.05, 4.69) is 0 Å². The SMILES string of the molecule is COCCOc1cccc(/C=C2\CSC/C(=C/c3cccc(OCCOC)c3)C2=O)c1. The van der Waals surface area contributed by atoms with Crippen molar-refractivity contribution in [2.45, 2.75) is 0 Å². The molecule has 0 aromatic heterocycles. The highest BCUT2D eigenvalue weighted by atomic mass is 32.2. The van der Waals surface area contributed by atoms with Gasteiger partial charge in [0.15, 0.2) is 5.78 Å². The quantitative estimate of drug-likeness (QED) is 0.400. The Morgan fingerprint density at radius 1 is 0.774 bits per heavy atom. The summed E-state index contributed by atoms with van der Waals surface area (Å²) in [6.45, 7) is 2.05. The molecule has 0 radical (unpaired) electrons. The molecule has 0 bridgehead atoms. The van der Waals surface area contributed by atoms with Crippen molar-refractivity contribution in [3.63, 3.8) is 0 Å². The van der Waals surface area contributed by atoms with E-state index in [9.17, 15) is 4.79 Å². The highest BCUT2D eigenvalue weighted by Crippen LogP contribution is 2.28. The molecular weight excluding hydrogens is 412 g/mol. The predicted molar refractivity (Wildman–Crippen MR) is 126 cm³/mol. The average Bonchev–Trinajstić information content (AvgIpc) is 2.78. The van der Waals surface area contributed by atoms with E-state index in [4.69, 9.17) is 18.9 Å². The van der Waals surface area contributed by atoms with E-state index in [1.807, 2.05) is 60.7 Å². The van der Waals surface area contributed by atoms with Crippen molar-refractivity contribution in [1.82, 2.24) is 0 Å². The molecule has 1 fully saturated rings. The normalized spacial score (nSPS) is 16.6. The van der Waals surface area contributed by atoms with Crippen LogP contribution in [-0.2, 0) is 14.3 Å². The van der Waals surface area contributed by atoms with Gasteiger partial charge in [-0.3, -0.25) is 4.79 Å². The zero-order valence-electron chi connectivity index (χ0n) is 18.0. The van der Waals surface area contributed by atoms with Gasteiger partial charge in [0.2, 0.25) is 0 Å². The number of ether oxygens (including phenoxy) is 4. The zero-order valence-corrected chi connectivity index (χ0v) is 18.8. The summed E-state index contributed by atoms with van der Waals surface area (Å²) in [7, 11) is 3.29. The molecule has 0 spiro atoms. The molecule has 1 aliphatic rings. The monoisotopic (exact) mass is 440 g/mol. The Morgan fingerprint density at radius 2 is 1.26 bits per heavy atom. The largest absolute Gasteiger partial charge is 0.491 e. The van der Waals surface area contributed by atoms with E-state index in [0.29, 0.717) is 37.9 Å². The summed E-state index contributed by atoms with van der Waals surface area (Å²) in [4.78, 5) is 13.1. The van der Waals surface area contributed by atoms with Gasteiger partial charge in [-0.25, -0.2) is 0 Å². The summed E-state index contributed by atoms with van der Waals surface area (Å²) >= 11 is 1.74. The lowest BCUT2D eigenvalue weighted by atomic mass is 10.0. The zero-order chi connectivity index (χ0) is 21.9. The van der Waals surface area contributed by atoms with Gasteiger partial charge in [0, 0.05) is 36.9 Å². The topological polar surface area (TPSA) is 54.0 Å². The van der Waals surface area contributed by atoms with Crippen LogP contribution >= 0.6 is 11.8 Å². The van der Waals surface area contributed by atoms with E-state index in [1.54, 1.807) is 26.0 Å². The van der Waals surface area contributed by atoms with E-state index in [1.165, 1.54) is 0 Å². The number of thioether (sulfide) groups is 1. The summed E-state index contributed by atoms with van der Waals surface area (Å²) in [5.74, 6) is 3.03. The number of benzene rings is 2. The number of carbonyl (C=O) groups excluding carboxylic acids is 1. The maximum absolute atomic E-state index is 13.1. The number of ketones is 1. The van der Waals surface area contributed by atoms with Gasteiger partial charge in [0.1, 0.15) is 24.7 Å². The molecule has 5 nitrogen and oxygen atoms in total. The van der Waals surface area contributed by atoms with Crippen molar-refractivity contribution in [2.24, 2.45) is 0 Å². The van der Waals surface area contributed by atoms with Crippen molar-refractivity contribution < 1.29 is 23.7 Å². The molecule has 0 unspecified atom stereocenters. The van der Waals surface area contributed by atoms with Gasteiger partial charge in [-0.2, -0.15) is 11.8 Å². The molecule has 164 valence electrons. The molecule has 0 amide bonds. The Balaban J connectivity index is 1.72. The molecule has 0 aliphatic carbocycles. The van der Waals surface area contributed by atoms with Crippen molar-refractivity contribution >= 4 is 29.7 Å². The third-order valence-electron chi connectivity index (χ3n) is 4.61. The first-order chi connectivity index (χ1) is 15.2. The third-order valence-corrected chi connectivity index (χ3v) is 5.64. The molecule has 1 heterocycles. The first kappa shape index (κ1) is 23.1. The predicted octanol–water partition coefficient (Wildman–Crippen LogP) is 4.52. The molecule has 0 N–H and O–H groups in total. The Kier molecular flexibility index (Phi) is 9.21. The lowest BCUT2D eigenvalue weighted by Gasteiger charge is -2.16. The smallest absolute Gasteiger partial charge is 0.186 e. The highest BCUT2D eigenvalue weighted by Gasteiger charge is 2.21. The number of hydrogen-bond acceptors (Lipinski definition) is 6. The van der Waals surface area contributed by atoms with Crippen LogP contribution in [0.15, 0.2) is 59.7 Å². The Bertz CT molecular complexity index is 862. The van der Waals surface area contributed by atoms with E-state index in [0.717, 1.165) is 33.8 Å². The average molecular weight is 441 g/mol. The first-order valence-electron chi connectivity index (χ1n) is 10.2. The maximum atomic E-state index is 13.1. The molecule has 0 atom stereocenters. The van der Waals surface area contributed by atoms with Gasteiger partial charge in [0.05, 0.1) is 13.2 Å². The third kappa shape index (κ3) is 7.28. The van der Waals surface area contributed by atoms with Crippen molar-refractivity contribution in [1.29, 1.82) is 0 Å². The van der Waals surface area contributed by atoms with Crippen LogP contribution in [0.3, 0.4) is 0 Å². The summed E-state index contributed by atoms with van der Waals surface area (Å²) < 4.78 is 21.4. The fraction of sp³-hybridized carbons (Fsp3) is 0.320. The van der Waals surface area contributed by atoms with E-state index < -0.39 is 0 Å². The summed E-state index contributed by atoms with van der Waals surface area (Å²) in [5.41, 5.74) is 3.50. The van der Waals surface area contributed by atoms with Gasteiger partial charge in [-0.1, -0.05) is 24.3 Å². The van der Waals surface area contributed by atoms with Crippen molar-refractivity contribution in [3.8, 4) is 11.5 Å². The second-order valence-corrected chi connectivity index (χ2v) is 7.97.